The number of unbranched alkanes of at least 4 members (excludes halogenated alkanes) is 11. The van der Waals surface area contributed by atoms with Gasteiger partial charge in [0, 0.05) is 0 Å². The van der Waals surface area contributed by atoms with Gasteiger partial charge < -0.3 is 0 Å². The van der Waals surface area contributed by atoms with E-state index in [1.807, 2.05) is 0 Å². The third-order valence-electron chi connectivity index (χ3n) is 5.55. The van der Waals surface area contributed by atoms with Crippen LogP contribution < -0.4 is 0 Å². The summed E-state index contributed by atoms with van der Waals surface area (Å²) in [7, 11) is 0. The maximum atomic E-state index is 14.2. The summed E-state index contributed by atoms with van der Waals surface area (Å²) < 4.78 is 121. The van der Waals surface area contributed by atoms with Gasteiger partial charge >= 0.3 is 23.7 Å². The van der Waals surface area contributed by atoms with Crippen LogP contribution in [-0.2, 0) is 0 Å². The van der Waals surface area contributed by atoms with E-state index in [1.54, 1.807) is 0 Å². The molecule has 0 saturated heterocycles. The van der Waals surface area contributed by atoms with Crippen LogP contribution in [0.15, 0.2) is 0 Å². The van der Waals surface area contributed by atoms with E-state index < -0.39 is 42.2 Å². The van der Waals surface area contributed by atoms with Crippen molar-refractivity contribution in [3.05, 3.63) is 0 Å². The van der Waals surface area contributed by atoms with Crippen molar-refractivity contribution < 1.29 is 39.5 Å². The normalized spacial score (nSPS) is 23.8. The molecule has 0 aromatic carbocycles. The highest BCUT2D eigenvalue weighted by Gasteiger charge is 2.99. The lowest BCUT2D eigenvalue weighted by Gasteiger charge is -2.30. The number of halogens is 9. The van der Waals surface area contributed by atoms with Crippen molar-refractivity contribution in [3.63, 3.8) is 0 Å². The first-order valence-electron chi connectivity index (χ1n) is 10.0. The first kappa shape index (κ1) is 25.4. The van der Waals surface area contributed by atoms with Crippen LogP contribution in [0.3, 0.4) is 0 Å². The number of hydrogen-bond acceptors (Lipinski definition) is 0. The highest BCUT2D eigenvalue weighted by Crippen LogP contribution is 2.70. The molecule has 0 aliphatic heterocycles. The highest BCUT2D eigenvalue weighted by molar-refractivity contribution is 5.26. The van der Waals surface area contributed by atoms with E-state index in [0.717, 1.165) is 38.5 Å². The predicted octanol–water partition coefficient (Wildman–Crippen LogP) is 8.34. The summed E-state index contributed by atoms with van der Waals surface area (Å²) in [5, 5.41) is 0. The molecule has 0 amide bonds. The molecule has 0 spiro atoms. The summed E-state index contributed by atoms with van der Waals surface area (Å²) in [6, 6.07) is 0. The first-order chi connectivity index (χ1) is 12.8. The molecular formula is C19H29F9. The van der Waals surface area contributed by atoms with E-state index >= 15 is 0 Å². The predicted molar refractivity (Wildman–Crippen MR) is 89.3 cm³/mol. The smallest absolute Gasteiger partial charge is 0.230 e. The monoisotopic (exact) mass is 428 g/mol. The Morgan fingerprint density at radius 1 is 0.393 bits per heavy atom. The standard InChI is InChI=1S/C19H29F9/c1-2-3-4-5-6-7-8-9-10-11-12-13-14-15(20)16(21,22)18(25,26)19(27,28)17(15,23)24/h2-14H2,1H3. The van der Waals surface area contributed by atoms with Gasteiger partial charge in [-0.25, -0.2) is 4.39 Å². The molecule has 0 nitrogen and oxygen atoms in total. The quantitative estimate of drug-likeness (QED) is 0.204. The molecule has 0 aromatic rings. The second-order valence-corrected chi connectivity index (χ2v) is 7.74. The van der Waals surface area contributed by atoms with Crippen molar-refractivity contribution in [1.82, 2.24) is 0 Å². The van der Waals surface area contributed by atoms with Crippen molar-refractivity contribution in [2.45, 2.75) is 120 Å². The van der Waals surface area contributed by atoms with Crippen LogP contribution in [0.2, 0.25) is 0 Å². The minimum atomic E-state index is -6.45. The van der Waals surface area contributed by atoms with Gasteiger partial charge in [0.05, 0.1) is 0 Å². The van der Waals surface area contributed by atoms with Crippen LogP contribution in [0.1, 0.15) is 90.4 Å². The Hall–Kier alpha value is -0.630. The Bertz CT molecular complexity index is 448. The van der Waals surface area contributed by atoms with Gasteiger partial charge in [-0.05, 0) is 12.8 Å². The van der Waals surface area contributed by atoms with E-state index in [0.29, 0.717) is 12.8 Å². The van der Waals surface area contributed by atoms with Crippen molar-refractivity contribution in [2.24, 2.45) is 0 Å². The van der Waals surface area contributed by atoms with Crippen molar-refractivity contribution >= 4 is 0 Å². The second kappa shape index (κ2) is 9.45. The summed E-state index contributed by atoms with van der Waals surface area (Å²) in [6.07, 6.45) is 7.41. The zero-order chi connectivity index (χ0) is 21.7. The van der Waals surface area contributed by atoms with E-state index in [1.165, 1.54) is 12.8 Å². The molecule has 0 unspecified atom stereocenters. The van der Waals surface area contributed by atoms with Gasteiger partial charge in [0.2, 0.25) is 5.67 Å². The molecule has 0 heterocycles. The number of alkyl halides is 9. The largest absolute Gasteiger partial charge is 0.381 e. The van der Waals surface area contributed by atoms with Crippen molar-refractivity contribution in [1.29, 1.82) is 0 Å². The molecule has 0 radical (unpaired) electrons. The molecule has 168 valence electrons. The molecule has 1 fully saturated rings. The topological polar surface area (TPSA) is 0 Å². The summed E-state index contributed by atoms with van der Waals surface area (Å²) in [6.45, 7) is 2.12. The lowest BCUT2D eigenvalue weighted by Crippen LogP contribution is -2.54. The van der Waals surface area contributed by atoms with Crippen LogP contribution in [0.25, 0.3) is 0 Å². The van der Waals surface area contributed by atoms with Gasteiger partial charge in [-0.2, -0.15) is 35.1 Å². The van der Waals surface area contributed by atoms with E-state index in [9.17, 15) is 39.5 Å². The molecule has 1 saturated carbocycles. The summed E-state index contributed by atoms with van der Waals surface area (Å²) >= 11 is 0. The minimum absolute atomic E-state index is 0.0332. The molecule has 9 heteroatoms. The van der Waals surface area contributed by atoms with Crippen LogP contribution in [0.4, 0.5) is 39.5 Å². The van der Waals surface area contributed by atoms with Gasteiger partial charge in [-0.3, -0.25) is 0 Å². The minimum Gasteiger partial charge on any atom is -0.230 e. The Kier molecular flexibility index (Phi) is 8.58. The SMILES string of the molecule is CCCCCCCCCCCCCCC1(F)C(F)(F)C(F)(F)C(F)(F)C1(F)F. The van der Waals surface area contributed by atoms with E-state index in [-0.39, 0.29) is 6.42 Å². The van der Waals surface area contributed by atoms with Crippen LogP contribution in [0, 0.1) is 0 Å². The van der Waals surface area contributed by atoms with E-state index in [4.69, 9.17) is 0 Å². The summed E-state index contributed by atoms with van der Waals surface area (Å²) in [5.41, 5.74) is -5.27. The molecule has 1 aliphatic carbocycles. The molecule has 0 N–H and O–H groups in total. The molecule has 1 aliphatic rings. The third kappa shape index (κ3) is 4.27. The lowest BCUT2D eigenvalue weighted by atomic mass is 9.90. The van der Waals surface area contributed by atoms with Gasteiger partial charge in [0.25, 0.3) is 0 Å². The molecule has 28 heavy (non-hydrogen) atoms. The Morgan fingerprint density at radius 2 is 0.679 bits per heavy atom. The number of hydrogen-bond donors (Lipinski definition) is 0. The third-order valence-corrected chi connectivity index (χ3v) is 5.55. The molecular weight excluding hydrogens is 399 g/mol. The van der Waals surface area contributed by atoms with E-state index in [2.05, 4.69) is 6.92 Å². The number of rotatable bonds is 13. The van der Waals surface area contributed by atoms with Gasteiger partial charge in [0.15, 0.2) is 0 Å². The van der Waals surface area contributed by atoms with Crippen molar-refractivity contribution in [2.75, 3.05) is 0 Å². The fraction of sp³-hybridized carbons (Fsp3) is 1.00. The average molecular weight is 428 g/mol. The maximum Gasteiger partial charge on any atom is 0.381 e. The van der Waals surface area contributed by atoms with Crippen LogP contribution in [-0.4, -0.2) is 29.4 Å². The summed E-state index contributed by atoms with van der Waals surface area (Å²) in [5.74, 6) is -25.2. The van der Waals surface area contributed by atoms with Crippen molar-refractivity contribution in [3.8, 4) is 0 Å². The Balaban J connectivity index is 2.37. The molecule has 0 aromatic heterocycles. The fourth-order valence-electron chi connectivity index (χ4n) is 3.61. The summed E-state index contributed by atoms with van der Waals surface area (Å²) in [4.78, 5) is 0. The average Bonchev–Trinajstić information content (AvgIpc) is 2.65. The lowest BCUT2D eigenvalue weighted by molar-refractivity contribution is -0.303. The highest BCUT2D eigenvalue weighted by atomic mass is 19.4. The van der Waals surface area contributed by atoms with Gasteiger partial charge in [0.1, 0.15) is 0 Å². The molecule has 0 bridgehead atoms. The van der Waals surface area contributed by atoms with Crippen LogP contribution >= 0.6 is 0 Å². The maximum absolute atomic E-state index is 14.2. The molecule has 0 atom stereocenters. The molecule has 1 rings (SSSR count). The zero-order valence-electron chi connectivity index (χ0n) is 16.1. The fourth-order valence-corrected chi connectivity index (χ4v) is 3.61. The van der Waals surface area contributed by atoms with Gasteiger partial charge in [-0.15, -0.1) is 0 Å². The Labute approximate surface area is 160 Å². The first-order valence-corrected chi connectivity index (χ1v) is 10.0. The second-order valence-electron chi connectivity index (χ2n) is 7.74. The van der Waals surface area contributed by atoms with Crippen LogP contribution in [0.5, 0.6) is 0 Å². The zero-order valence-corrected chi connectivity index (χ0v) is 16.1. The van der Waals surface area contributed by atoms with Gasteiger partial charge in [-0.1, -0.05) is 77.6 Å². The Morgan fingerprint density at radius 3 is 1.00 bits per heavy atom.